The number of rotatable bonds is 4. The maximum absolute atomic E-state index is 13.6. The Morgan fingerprint density at radius 2 is 2.05 bits per heavy atom. The van der Waals surface area contributed by atoms with E-state index in [-0.39, 0.29) is 5.84 Å². The summed E-state index contributed by atoms with van der Waals surface area (Å²) in [6.45, 7) is 0.323. The van der Waals surface area contributed by atoms with Crippen molar-refractivity contribution in [2.75, 3.05) is 5.32 Å². The second-order valence-corrected chi connectivity index (χ2v) is 4.56. The highest BCUT2D eigenvalue weighted by atomic mass is 35.5. The van der Waals surface area contributed by atoms with E-state index < -0.39 is 5.82 Å². The predicted molar refractivity (Wildman–Crippen MR) is 77.7 cm³/mol. The van der Waals surface area contributed by atoms with Crippen LogP contribution in [0, 0.1) is 5.82 Å². The monoisotopic (exact) mass is 293 g/mol. The molecule has 20 heavy (non-hydrogen) atoms. The molecular formula is C14H13ClFN3O. The Bertz CT molecular complexity index is 646. The number of hydrogen-bond acceptors (Lipinski definition) is 3. The number of nitrogens with two attached hydrogens (primary N) is 1. The Hall–Kier alpha value is -2.27. The van der Waals surface area contributed by atoms with Crippen molar-refractivity contribution in [3.8, 4) is 0 Å². The van der Waals surface area contributed by atoms with Gasteiger partial charge in [0.15, 0.2) is 5.84 Å². The van der Waals surface area contributed by atoms with Crippen LogP contribution in [0.4, 0.5) is 10.1 Å². The largest absolute Gasteiger partial charge is 0.409 e. The Morgan fingerprint density at radius 1 is 1.30 bits per heavy atom. The van der Waals surface area contributed by atoms with Gasteiger partial charge in [-0.05, 0) is 23.8 Å². The SMILES string of the molecule is NC(=NO)c1ccccc1CNc1cc(Cl)ccc1F. The summed E-state index contributed by atoms with van der Waals surface area (Å²) in [6.07, 6.45) is 0. The van der Waals surface area contributed by atoms with Crippen LogP contribution < -0.4 is 11.1 Å². The molecule has 0 aromatic heterocycles. The van der Waals surface area contributed by atoms with Crippen LogP contribution in [0.15, 0.2) is 47.6 Å². The van der Waals surface area contributed by atoms with E-state index >= 15 is 0 Å². The molecule has 104 valence electrons. The van der Waals surface area contributed by atoms with E-state index in [0.29, 0.717) is 22.8 Å². The molecule has 0 aliphatic heterocycles. The van der Waals surface area contributed by atoms with Gasteiger partial charge in [0.1, 0.15) is 5.82 Å². The van der Waals surface area contributed by atoms with Gasteiger partial charge in [0.25, 0.3) is 0 Å². The number of benzene rings is 2. The van der Waals surface area contributed by atoms with Crippen molar-refractivity contribution in [1.82, 2.24) is 0 Å². The zero-order chi connectivity index (χ0) is 14.5. The smallest absolute Gasteiger partial charge is 0.170 e. The lowest BCUT2D eigenvalue weighted by Crippen LogP contribution is -2.16. The molecule has 4 nitrogen and oxygen atoms in total. The van der Waals surface area contributed by atoms with Gasteiger partial charge in [-0.1, -0.05) is 41.0 Å². The molecule has 0 bridgehead atoms. The van der Waals surface area contributed by atoms with E-state index in [0.717, 1.165) is 5.56 Å². The number of halogens is 2. The minimum atomic E-state index is -0.393. The Balaban J connectivity index is 2.21. The van der Waals surface area contributed by atoms with Crippen LogP contribution >= 0.6 is 11.6 Å². The number of oxime groups is 1. The quantitative estimate of drug-likeness (QED) is 0.351. The fourth-order valence-corrected chi connectivity index (χ4v) is 1.97. The molecule has 0 heterocycles. The van der Waals surface area contributed by atoms with Crippen LogP contribution in [0.5, 0.6) is 0 Å². The topological polar surface area (TPSA) is 70.6 Å². The minimum absolute atomic E-state index is 0.00830. The lowest BCUT2D eigenvalue weighted by Gasteiger charge is -2.11. The summed E-state index contributed by atoms with van der Waals surface area (Å²) < 4.78 is 13.6. The lowest BCUT2D eigenvalue weighted by molar-refractivity contribution is 0.318. The van der Waals surface area contributed by atoms with Crippen molar-refractivity contribution in [3.63, 3.8) is 0 Å². The van der Waals surface area contributed by atoms with E-state index in [4.69, 9.17) is 22.5 Å². The van der Waals surface area contributed by atoms with Crippen LogP contribution in [0.3, 0.4) is 0 Å². The van der Waals surface area contributed by atoms with E-state index in [1.165, 1.54) is 18.2 Å². The molecule has 0 unspecified atom stereocenters. The summed E-state index contributed by atoms with van der Waals surface area (Å²) in [5.74, 6) is -0.385. The highest BCUT2D eigenvalue weighted by Crippen LogP contribution is 2.20. The Morgan fingerprint density at radius 3 is 2.80 bits per heavy atom. The molecular weight excluding hydrogens is 281 g/mol. The third-order valence-electron chi connectivity index (χ3n) is 2.80. The predicted octanol–water partition coefficient (Wildman–Crippen LogP) is 3.19. The lowest BCUT2D eigenvalue weighted by atomic mass is 10.1. The van der Waals surface area contributed by atoms with Gasteiger partial charge in [0.05, 0.1) is 5.69 Å². The number of nitrogens with one attached hydrogen (secondary N) is 1. The van der Waals surface area contributed by atoms with Crippen LogP contribution in [0.1, 0.15) is 11.1 Å². The molecule has 6 heteroatoms. The zero-order valence-corrected chi connectivity index (χ0v) is 11.2. The van der Waals surface area contributed by atoms with Crippen molar-refractivity contribution in [2.45, 2.75) is 6.54 Å². The first-order valence-electron chi connectivity index (χ1n) is 5.86. The van der Waals surface area contributed by atoms with Crippen LogP contribution in [-0.4, -0.2) is 11.0 Å². The maximum Gasteiger partial charge on any atom is 0.170 e. The van der Waals surface area contributed by atoms with Gasteiger partial charge in [-0.3, -0.25) is 0 Å². The van der Waals surface area contributed by atoms with Gasteiger partial charge < -0.3 is 16.3 Å². The first kappa shape index (κ1) is 14.1. The van der Waals surface area contributed by atoms with Gasteiger partial charge in [-0.15, -0.1) is 0 Å². The molecule has 0 fully saturated rings. The summed E-state index contributed by atoms with van der Waals surface area (Å²) in [5, 5.41) is 15.1. The van der Waals surface area contributed by atoms with Crippen molar-refractivity contribution < 1.29 is 9.60 Å². The standard InChI is InChI=1S/C14H13ClFN3O/c15-10-5-6-12(16)13(7-10)18-8-9-3-1-2-4-11(9)14(17)19-20/h1-7,18,20H,8H2,(H2,17,19). The third-order valence-corrected chi connectivity index (χ3v) is 3.03. The van der Waals surface area contributed by atoms with Crippen molar-refractivity contribution in [3.05, 3.63) is 64.4 Å². The Kier molecular flexibility index (Phi) is 4.42. The van der Waals surface area contributed by atoms with Gasteiger partial charge in [0.2, 0.25) is 0 Å². The molecule has 0 radical (unpaired) electrons. The highest BCUT2D eigenvalue weighted by molar-refractivity contribution is 6.30. The van der Waals surface area contributed by atoms with Crippen molar-refractivity contribution >= 4 is 23.1 Å². The summed E-state index contributed by atoms with van der Waals surface area (Å²) in [7, 11) is 0. The second kappa shape index (κ2) is 6.25. The zero-order valence-electron chi connectivity index (χ0n) is 10.5. The van der Waals surface area contributed by atoms with Crippen LogP contribution in [-0.2, 0) is 6.54 Å². The molecule has 0 saturated heterocycles. The van der Waals surface area contributed by atoms with E-state index in [2.05, 4.69) is 10.5 Å². The molecule has 0 aliphatic rings. The van der Waals surface area contributed by atoms with Crippen molar-refractivity contribution in [1.29, 1.82) is 0 Å². The minimum Gasteiger partial charge on any atom is -0.409 e. The molecule has 2 rings (SSSR count). The molecule has 2 aromatic rings. The maximum atomic E-state index is 13.6. The van der Waals surface area contributed by atoms with Gasteiger partial charge in [0, 0.05) is 17.1 Å². The molecule has 4 N–H and O–H groups in total. The van der Waals surface area contributed by atoms with Crippen LogP contribution in [0.25, 0.3) is 0 Å². The summed E-state index contributed by atoms with van der Waals surface area (Å²) in [4.78, 5) is 0. The molecule has 0 saturated carbocycles. The first-order chi connectivity index (χ1) is 9.61. The van der Waals surface area contributed by atoms with Crippen LogP contribution in [0.2, 0.25) is 5.02 Å². The first-order valence-corrected chi connectivity index (χ1v) is 6.24. The van der Waals surface area contributed by atoms with E-state index in [1.807, 2.05) is 12.1 Å². The van der Waals surface area contributed by atoms with Gasteiger partial charge in [-0.25, -0.2) is 4.39 Å². The number of amidine groups is 1. The number of nitrogens with zero attached hydrogens (tertiary/aromatic N) is 1. The van der Waals surface area contributed by atoms with Gasteiger partial charge >= 0.3 is 0 Å². The molecule has 2 aromatic carbocycles. The molecule has 0 spiro atoms. The average molecular weight is 294 g/mol. The number of anilines is 1. The highest BCUT2D eigenvalue weighted by Gasteiger charge is 2.08. The summed E-state index contributed by atoms with van der Waals surface area (Å²) >= 11 is 5.82. The molecule has 0 aliphatic carbocycles. The normalized spacial score (nSPS) is 11.4. The number of hydrogen-bond donors (Lipinski definition) is 3. The van der Waals surface area contributed by atoms with Crippen molar-refractivity contribution in [2.24, 2.45) is 10.9 Å². The third kappa shape index (κ3) is 3.19. The fraction of sp³-hybridized carbons (Fsp3) is 0.0714. The summed E-state index contributed by atoms with van der Waals surface area (Å²) in [6, 6.07) is 11.4. The Labute approximate surface area is 120 Å². The summed E-state index contributed by atoms with van der Waals surface area (Å²) in [5.41, 5.74) is 7.26. The van der Waals surface area contributed by atoms with E-state index in [9.17, 15) is 4.39 Å². The molecule has 0 amide bonds. The average Bonchev–Trinajstić information content (AvgIpc) is 2.47. The molecule has 0 atom stereocenters. The second-order valence-electron chi connectivity index (χ2n) is 4.12. The van der Waals surface area contributed by atoms with E-state index in [1.54, 1.807) is 12.1 Å². The van der Waals surface area contributed by atoms with Gasteiger partial charge in [-0.2, -0.15) is 0 Å². The fourth-order valence-electron chi connectivity index (χ4n) is 1.80.